The number of halogens is 1. The third-order valence-corrected chi connectivity index (χ3v) is 4.91. The summed E-state index contributed by atoms with van der Waals surface area (Å²) in [5, 5.41) is 2.72. The van der Waals surface area contributed by atoms with Gasteiger partial charge in [-0.05, 0) is 42.5 Å². The number of hydrogen-bond acceptors (Lipinski definition) is 6. The Morgan fingerprint density at radius 2 is 1.94 bits per heavy atom. The summed E-state index contributed by atoms with van der Waals surface area (Å²) in [6.07, 6.45) is 1.62. The van der Waals surface area contributed by atoms with E-state index >= 15 is 0 Å². The summed E-state index contributed by atoms with van der Waals surface area (Å²) in [5.41, 5.74) is 1.22. The van der Waals surface area contributed by atoms with E-state index in [0.717, 1.165) is 0 Å². The number of anilines is 1. The van der Waals surface area contributed by atoms with E-state index in [1.165, 1.54) is 35.2 Å². The molecule has 2 heterocycles. The summed E-state index contributed by atoms with van der Waals surface area (Å²) in [6, 6.07) is 15.7. The number of rotatable bonds is 8. The molecular weight excluding hydrogens is 429 g/mol. The van der Waals surface area contributed by atoms with Gasteiger partial charge in [0.2, 0.25) is 5.91 Å². The lowest BCUT2D eigenvalue weighted by Crippen LogP contribution is -2.45. The molecule has 2 aromatic carbocycles. The van der Waals surface area contributed by atoms with Gasteiger partial charge in [0, 0.05) is 11.8 Å². The van der Waals surface area contributed by atoms with Crippen LogP contribution in [0.4, 0.5) is 10.1 Å². The van der Waals surface area contributed by atoms with E-state index in [2.05, 4.69) is 10.3 Å². The van der Waals surface area contributed by atoms with Crippen LogP contribution in [-0.2, 0) is 16.1 Å². The van der Waals surface area contributed by atoms with Crippen molar-refractivity contribution in [1.82, 2.24) is 10.3 Å². The molecule has 33 heavy (non-hydrogen) atoms. The third-order valence-electron chi connectivity index (χ3n) is 4.91. The summed E-state index contributed by atoms with van der Waals surface area (Å²) < 4.78 is 24.4. The molecule has 1 N–H and O–H groups in total. The number of benzene rings is 2. The number of carbonyl (C=O) groups is 3. The van der Waals surface area contributed by atoms with Gasteiger partial charge in [0.05, 0.1) is 17.9 Å². The minimum atomic E-state index is -0.572. The summed E-state index contributed by atoms with van der Waals surface area (Å²) in [4.78, 5) is 42.9. The normalized spacial score (nSPS) is 12.5. The van der Waals surface area contributed by atoms with Gasteiger partial charge in [0.25, 0.3) is 5.91 Å². The molecule has 2 amide bonds. The van der Waals surface area contributed by atoms with Gasteiger partial charge < -0.3 is 14.8 Å². The maximum atomic E-state index is 13.7. The number of ether oxygens (including phenoxy) is 2. The zero-order valence-electron chi connectivity index (χ0n) is 17.5. The highest BCUT2D eigenvalue weighted by atomic mass is 19.1. The molecule has 0 unspecified atom stereocenters. The number of amides is 2. The lowest BCUT2D eigenvalue weighted by molar-refractivity contribution is -0.125. The summed E-state index contributed by atoms with van der Waals surface area (Å²) in [5.74, 6) is -1.45. The predicted octanol–water partition coefficient (Wildman–Crippen LogP) is 2.52. The highest BCUT2D eigenvalue weighted by Crippen LogP contribution is 2.33. The molecule has 4 rings (SSSR count). The van der Waals surface area contributed by atoms with Crippen molar-refractivity contribution in [2.45, 2.75) is 6.54 Å². The highest BCUT2D eigenvalue weighted by molar-refractivity contribution is 6.04. The molecule has 0 spiro atoms. The first-order chi connectivity index (χ1) is 16.0. The zero-order chi connectivity index (χ0) is 23.2. The van der Waals surface area contributed by atoms with Crippen LogP contribution in [0.5, 0.6) is 11.5 Å². The van der Waals surface area contributed by atoms with Crippen molar-refractivity contribution in [3.8, 4) is 11.5 Å². The van der Waals surface area contributed by atoms with Gasteiger partial charge in [-0.25, -0.2) is 4.39 Å². The van der Waals surface area contributed by atoms with Crippen LogP contribution in [-0.4, -0.2) is 42.3 Å². The van der Waals surface area contributed by atoms with Gasteiger partial charge in [-0.15, -0.1) is 0 Å². The van der Waals surface area contributed by atoms with E-state index in [9.17, 15) is 18.8 Å². The molecule has 1 aliphatic rings. The highest BCUT2D eigenvalue weighted by Gasteiger charge is 2.28. The van der Waals surface area contributed by atoms with Gasteiger partial charge >= 0.3 is 0 Å². The first kappa shape index (κ1) is 21.9. The molecule has 8 nitrogen and oxygen atoms in total. The van der Waals surface area contributed by atoms with Crippen LogP contribution in [0.2, 0.25) is 0 Å². The molecular formula is C24H20FN3O5. The lowest BCUT2D eigenvalue weighted by Gasteiger charge is -2.29. The topological polar surface area (TPSA) is 97.8 Å². The van der Waals surface area contributed by atoms with Gasteiger partial charge in [-0.1, -0.05) is 18.2 Å². The molecule has 9 heteroatoms. The van der Waals surface area contributed by atoms with Crippen LogP contribution >= 0.6 is 0 Å². The second kappa shape index (κ2) is 9.90. The van der Waals surface area contributed by atoms with Crippen molar-refractivity contribution in [3.63, 3.8) is 0 Å². The van der Waals surface area contributed by atoms with Gasteiger partial charge in [-0.2, -0.15) is 0 Å². The number of ketones is 1. The second-order valence-electron chi connectivity index (χ2n) is 7.19. The van der Waals surface area contributed by atoms with Crippen LogP contribution in [0.25, 0.3) is 0 Å². The Morgan fingerprint density at radius 3 is 2.73 bits per heavy atom. The number of pyridine rings is 1. The number of fused-ring (bicyclic) bond motifs is 1. The van der Waals surface area contributed by atoms with Crippen molar-refractivity contribution < 1.29 is 28.2 Å². The van der Waals surface area contributed by atoms with Gasteiger partial charge in [-0.3, -0.25) is 24.3 Å². The van der Waals surface area contributed by atoms with E-state index < -0.39 is 17.5 Å². The molecule has 0 saturated heterocycles. The van der Waals surface area contributed by atoms with Crippen molar-refractivity contribution >= 4 is 23.3 Å². The Morgan fingerprint density at radius 1 is 1.12 bits per heavy atom. The summed E-state index contributed by atoms with van der Waals surface area (Å²) in [6.45, 7) is -0.633. The number of aromatic nitrogens is 1. The van der Waals surface area contributed by atoms with Crippen molar-refractivity contribution in [2.75, 3.05) is 24.7 Å². The number of nitrogens with one attached hydrogen (secondary N) is 1. The largest absolute Gasteiger partial charge is 0.482 e. The average molecular weight is 449 g/mol. The second-order valence-corrected chi connectivity index (χ2v) is 7.19. The van der Waals surface area contributed by atoms with E-state index in [4.69, 9.17) is 9.47 Å². The van der Waals surface area contributed by atoms with Crippen molar-refractivity contribution in [1.29, 1.82) is 0 Å². The Bertz CT molecular complexity index is 1190. The fourth-order valence-corrected chi connectivity index (χ4v) is 3.23. The standard InChI is InChI=1S/C24H20FN3O5/c25-18-6-1-2-7-21(18)32-14-20(29)16-8-9-22-19(11-16)28(24(31)15-33-22)13-23(30)27-12-17-5-3-4-10-26-17/h1-11H,12-15H2,(H,27,30). The first-order valence-electron chi connectivity index (χ1n) is 10.2. The summed E-state index contributed by atoms with van der Waals surface area (Å²) >= 11 is 0. The molecule has 1 aromatic heterocycles. The molecule has 0 aliphatic carbocycles. The fourth-order valence-electron chi connectivity index (χ4n) is 3.23. The number of carbonyl (C=O) groups excluding carboxylic acids is 3. The van der Waals surface area contributed by atoms with Crippen LogP contribution in [0.15, 0.2) is 66.9 Å². The summed E-state index contributed by atoms with van der Waals surface area (Å²) in [7, 11) is 0. The van der Waals surface area contributed by atoms with E-state index in [0.29, 0.717) is 17.1 Å². The minimum Gasteiger partial charge on any atom is -0.482 e. The van der Waals surface area contributed by atoms with E-state index in [1.54, 1.807) is 30.5 Å². The number of hydrogen-bond donors (Lipinski definition) is 1. The number of nitrogens with zero attached hydrogens (tertiary/aromatic N) is 2. The lowest BCUT2D eigenvalue weighted by atomic mass is 10.1. The Labute approximate surface area is 189 Å². The Hall–Kier alpha value is -4.27. The van der Waals surface area contributed by atoms with Crippen molar-refractivity contribution in [2.24, 2.45) is 0 Å². The number of Topliss-reactive ketones (excluding diaryl/α,β-unsaturated/α-hetero) is 1. The molecule has 0 fully saturated rings. The van der Waals surface area contributed by atoms with Crippen LogP contribution in [0.3, 0.4) is 0 Å². The maximum Gasteiger partial charge on any atom is 0.265 e. The maximum absolute atomic E-state index is 13.7. The minimum absolute atomic E-state index is 0.0338. The van der Waals surface area contributed by atoms with E-state index in [-0.39, 0.29) is 43.5 Å². The number of para-hydroxylation sites is 1. The average Bonchev–Trinajstić information content (AvgIpc) is 2.84. The molecule has 0 radical (unpaired) electrons. The van der Waals surface area contributed by atoms with Crippen LogP contribution in [0, 0.1) is 5.82 Å². The van der Waals surface area contributed by atoms with Crippen molar-refractivity contribution in [3.05, 3.63) is 83.9 Å². The molecule has 0 saturated carbocycles. The molecule has 0 atom stereocenters. The molecule has 168 valence electrons. The SMILES string of the molecule is O=C(CN1C(=O)COc2ccc(C(=O)COc3ccccc3F)cc21)NCc1ccccn1. The van der Waals surface area contributed by atoms with E-state index in [1.807, 2.05) is 6.07 Å². The Balaban J connectivity index is 1.45. The monoisotopic (exact) mass is 449 g/mol. The Kier molecular flexibility index (Phi) is 6.58. The van der Waals surface area contributed by atoms with Gasteiger partial charge in [0.1, 0.15) is 12.3 Å². The quantitative estimate of drug-likeness (QED) is 0.531. The molecule has 0 bridgehead atoms. The van der Waals surface area contributed by atoms with Crippen LogP contribution in [0.1, 0.15) is 16.1 Å². The van der Waals surface area contributed by atoms with Gasteiger partial charge in [0.15, 0.2) is 30.6 Å². The zero-order valence-corrected chi connectivity index (χ0v) is 17.5. The smallest absolute Gasteiger partial charge is 0.265 e. The molecule has 1 aliphatic heterocycles. The first-order valence-corrected chi connectivity index (χ1v) is 10.2. The fraction of sp³-hybridized carbons (Fsp3) is 0.167. The molecule has 3 aromatic rings. The predicted molar refractivity (Wildman–Crippen MR) is 117 cm³/mol. The van der Waals surface area contributed by atoms with Crippen LogP contribution < -0.4 is 19.7 Å². The third kappa shape index (κ3) is 5.32.